The highest BCUT2D eigenvalue weighted by Crippen LogP contribution is 2.12. The van der Waals surface area contributed by atoms with E-state index in [9.17, 15) is 0 Å². The summed E-state index contributed by atoms with van der Waals surface area (Å²) < 4.78 is 0. The number of hydrogen-bond acceptors (Lipinski definition) is 4. The number of anilines is 1. The topological polar surface area (TPSA) is 61.6 Å². The summed E-state index contributed by atoms with van der Waals surface area (Å²) in [6, 6.07) is 9.99. The van der Waals surface area contributed by atoms with Gasteiger partial charge in [0, 0.05) is 12.6 Å². The fraction of sp³-hybridized carbons (Fsp3) is 0.214. The zero-order chi connectivity index (χ0) is 13.0. The first kappa shape index (κ1) is 12.1. The van der Waals surface area contributed by atoms with Gasteiger partial charge >= 0.3 is 0 Å². The van der Waals surface area contributed by atoms with Crippen LogP contribution >= 0.6 is 0 Å². The molecule has 1 N–H and O–H groups in total. The fourth-order valence-electron chi connectivity index (χ4n) is 1.69. The van der Waals surface area contributed by atoms with E-state index < -0.39 is 0 Å². The van der Waals surface area contributed by atoms with Crippen molar-refractivity contribution >= 4 is 5.82 Å². The minimum absolute atomic E-state index is 0.369. The van der Waals surface area contributed by atoms with Gasteiger partial charge in [0.1, 0.15) is 23.9 Å². The Labute approximate surface area is 106 Å². The van der Waals surface area contributed by atoms with Crippen LogP contribution in [0.5, 0.6) is 0 Å². The molecule has 18 heavy (non-hydrogen) atoms. The summed E-state index contributed by atoms with van der Waals surface area (Å²) in [5.74, 6) is 0.669. The monoisotopic (exact) mass is 238 g/mol. The smallest absolute Gasteiger partial charge is 0.145 e. The molecule has 2 aromatic rings. The van der Waals surface area contributed by atoms with Crippen LogP contribution in [0.4, 0.5) is 5.82 Å². The molecule has 0 aliphatic rings. The van der Waals surface area contributed by atoms with E-state index in [1.165, 1.54) is 23.0 Å². The summed E-state index contributed by atoms with van der Waals surface area (Å²) in [4.78, 5) is 7.91. The van der Waals surface area contributed by atoms with Gasteiger partial charge in [-0.2, -0.15) is 5.26 Å². The van der Waals surface area contributed by atoms with Crippen LogP contribution < -0.4 is 5.32 Å². The Morgan fingerprint density at radius 2 is 2.06 bits per heavy atom. The number of aryl methyl sites for hydroxylation is 2. The number of nitrogens with one attached hydrogen (secondary N) is 1. The van der Waals surface area contributed by atoms with Gasteiger partial charge in [0.05, 0.1) is 0 Å². The number of aromatic nitrogens is 2. The predicted octanol–water partition coefficient (Wildman–Crippen LogP) is 2.58. The third-order valence-electron chi connectivity index (χ3n) is 2.75. The highest BCUT2D eigenvalue weighted by atomic mass is 15.0. The lowest BCUT2D eigenvalue weighted by molar-refractivity contribution is 1.06. The molecule has 0 saturated heterocycles. The van der Waals surface area contributed by atoms with Crippen molar-refractivity contribution in [1.82, 2.24) is 9.97 Å². The third kappa shape index (κ3) is 2.83. The number of hydrogen-bond donors (Lipinski definition) is 1. The first-order chi connectivity index (χ1) is 8.69. The van der Waals surface area contributed by atoms with Crippen LogP contribution in [0.15, 0.2) is 30.6 Å². The van der Waals surface area contributed by atoms with Gasteiger partial charge in [0.25, 0.3) is 0 Å². The van der Waals surface area contributed by atoms with Gasteiger partial charge in [0.15, 0.2) is 0 Å². The van der Waals surface area contributed by atoms with Gasteiger partial charge in [-0.25, -0.2) is 9.97 Å². The van der Waals surface area contributed by atoms with Crippen LogP contribution in [0, 0.1) is 25.2 Å². The Morgan fingerprint density at radius 1 is 1.22 bits per heavy atom. The number of benzene rings is 1. The Hall–Kier alpha value is -2.41. The number of rotatable bonds is 3. The van der Waals surface area contributed by atoms with Gasteiger partial charge in [0.2, 0.25) is 0 Å². The summed E-state index contributed by atoms with van der Waals surface area (Å²) in [6.45, 7) is 4.84. The quantitative estimate of drug-likeness (QED) is 0.892. The van der Waals surface area contributed by atoms with Gasteiger partial charge < -0.3 is 5.32 Å². The van der Waals surface area contributed by atoms with Gasteiger partial charge in [-0.3, -0.25) is 0 Å². The Morgan fingerprint density at radius 3 is 2.83 bits per heavy atom. The second-order valence-electron chi connectivity index (χ2n) is 4.18. The maximum absolute atomic E-state index is 8.76. The van der Waals surface area contributed by atoms with Crippen LogP contribution in [-0.2, 0) is 6.54 Å². The first-order valence-electron chi connectivity index (χ1n) is 5.71. The third-order valence-corrected chi connectivity index (χ3v) is 2.75. The molecule has 0 amide bonds. The molecule has 0 fully saturated rings. The molecular weight excluding hydrogens is 224 g/mol. The molecule has 4 nitrogen and oxygen atoms in total. The minimum Gasteiger partial charge on any atom is -0.366 e. The summed E-state index contributed by atoms with van der Waals surface area (Å²) in [6.07, 6.45) is 1.39. The van der Waals surface area contributed by atoms with Crippen molar-refractivity contribution in [3.63, 3.8) is 0 Å². The van der Waals surface area contributed by atoms with Gasteiger partial charge in [-0.05, 0) is 25.0 Å². The van der Waals surface area contributed by atoms with E-state index in [0.717, 1.165) is 0 Å². The van der Waals surface area contributed by atoms with Crippen molar-refractivity contribution in [2.24, 2.45) is 0 Å². The summed E-state index contributed by atoms with van der Waals surface area (Å²) in [5, 5.41) is 12.0. The minimum atomic E-state index is 0.369. The lowest BCUT2D eigenvalue weighted by Gasteiger charge is -2.09. The zero-order valence-electron chi connectivity index (χ0n) is 10.4. The molecule has 1 aromatic heterocycles. The highest BCUT2D eigenvalue weighted by molar-refractivity contribution is 5.41. The van der Waals surface area contributed by atoms with Gasteiger partial charge in [-0.1, -0.05) is 23.8 Å². The molecule has 1 aromatic carbocycles. The van der Waals surface area contributed by atoms with E-state index in [0.29, 0.717) is 18.1 Å². The largest absolute Gasteiger partial charge is 0.366 e. The Bertz CT molecular complexity index is 599. The average Bonchev–Trinajstić information content (AvgIpc) is 2.40. The molecule has 0 bridgehead atoms. The molecule has 1 heterocycles. The second-order valence-corrected chi connectivity index (χ2v) is 4.18. The van der Waals surface area contributed by atoms with Crippen molar-refractivity contribution in [2.45, 2.75) is 20.4 Å². The zero-order valence-corrected chi connectivity index (χ0v) is 10.4. The van der Waals surface area contributed by atoms with Crippen LogP contribution in [-0.4, -0.2) is 9.97 Å². The van der Waals surface area contributed by atoms with Crippen LogP contribution in [0.25, 0.3) is 0 Å². The Balaban J connectivity index is 2.11. The van der Waals surface area contributed by atoms with Crippen molar-refractivity contribution in [3.8, 4) is 6.07 Å². The molecule has 4 heteroatoms. The Kier molecular flexibility index (Phi) is 3.54. The molecule has 0 atom stereocenters. The summed E-state index contributed by atoms with van der Waals surface area (Å²) >= 11 is 0. The molecule has 0 spiro atoms. The maximum Gasteiger partial charge on any atom is 0.145 e. The number of nitriles is 1. The lowest BCUT2D eigenvalue weighted by atomic mass is 10.1. The molecule has 0 radical (unpaired) electrons. The van der Waals surface area contributed by atoms with Gasteiger partial charge in [-0.15, -0.1) is 0 Å². The molecular formula is C14H14N4. The molecule has 0 aliphatic heterocycles. The van der Waals surface area contributed by atoms with Crippen molar-refractivity contribution in [3.05, 3.63) is 53.0 Å². The first-order valence-corrected chi connectivity index (χ1v) is 5.71. The number of nitrogens with zero attached hydrogens (tertiary/aromatic N) is 3. The van der Waals surface area contributed by atoms with E-state index in [2.05, 4.69) is 47.3 Å². The normalized spacial score (nSPS) is 9.83. The van der Waals surface area contributed by atoms with Crippen molar-refractivity contribution in [1.29, 1.82) is 5.26 Å². The maximum atomic E-state index is 8.76. The van der Waals surface area contributed by atoms with Crippen molar-refractivity contribution in [2.75, 3.05) is 5.32 Å². The molecule has 90 valence electrons. The van der Waals surface area contributed by atoms with E-state index >= 15 is 0 Å². The average molecular weight is 238 g/mol. The summed E-state index contributed by atoms with van der Waals surface area (Å²) in [5.41, 5.74) is 4.07. The van der Waals surface area contributed by atoms with Crippen molar-refractivity contribution < 1.29 is 0 Å². The standard InChI is InChI=1S/C14H14N4/c1-10-3-4-11(2)12(5-10)8-16-14-6-13(7-15)17-9-18-14/h3-6,9H,8H2,1-2H3,(H,16,17,18). The fourth-order valence-corrected chi connectivity index (χ4v) is 1.69. The predicted molar refractivity (Wildman–Crippen MR) is 70.0 cm³/mol. The summed E-state index contributed by atoms with van der Waals surface area (Å²) in [7, 11) is 0. The SMILES string of the molecule is Cc1ccc(C)c(CNc2cc(C#N)ncn2)c1. The molecule has 2 rings (SSSR count). The van der Waals surface area contributed by atoms with E-state index in [-0.39, 0.29) is 0 Å². The molecule has 0 saturated carbocycles. The van der Waals surface area contributed by atoms with Crippen LogP contribution in [0.1, 0.15) is 22.4 Å². The van der Waals surface area contributed by atoms with Crippen LogP contribution in [0.3, 0.4) is 0 Å². The van der Waals surface area contributed by atoms with Crippen LogP contribution in [0.2, 0.25) is 0 Å². The van der Waals surface area contributed by atoms with E-state index in [1.54, 1.807) is 6.07 Å². The molecule has 0 aliphatic carbocycles. The van der Waals surface area contributed by atoms with E-state index in [1.807, 2.05) is 6.07 Å². The highest BCUT2D eigenvalue weighted by Gasteiger charge is 2.01. The van der Waals surface area contributed by atoms with E-state index in [4.69, 9.17) is 5.26 Å². The molecule has 0 unspecified atom stereocenters. The lowest BCUT2D eigenvalue weighted by Crippen LogP contribution is -2.04. The second kappa shape index (κ2) is 5.28.